The average molecular weight is 214 g/mol. The van der Waals surface area contributed by atoms with Gasteiger partial charge in [0.05, 0.1) is 6.10 Å². The van der Waals surface area contributed by atoms with E-state index in [9.17, 15) is 0 Å². The van der Waals surface area contributed by atoms with Gasteiger partial charge in [0, 0.05) is 19.2 Å². The summed E-state index contributed by atoms with van der Waals surface area (Å²) in [7, 11) is 1.78. The van der Waals surface area contributed by atoms with E-state index in [4.69, 9.17) is 4.74 Å². The zero-order valence-corrected chi connectivity index (χ0v) is 10.6. The maximum atomic E-state index is 5.32. The molecule has 0 bridgehead atoms. The average Bonchev–Trinajstić information content (AvgIpc) is 2.29. The third-order valence-electron chi connectivity index (χ3n) is 3.61. The molecule has 3 heteroatoms. The van der Waals surface area contributed by atoms with Crippen molar-refractivity contribution in [3.8, 4) is 0 Å². The Hall–Kier alpha value is -0.120. The van der Waals surface area contributed by atoms with Crippen LogP contribution in [-0.4, -0.2) is 49.8 Å². The fourth-order valence-corrected chi connectivity index (χ4v) is 2.13. The van der Waals surface area contributed by atoms with Crippen molar-refractivity contribution in [1.29, 1.82) is 0 Å². The first-order chi connectivity index (χ1) is 7.17. The first kappa shape index (κ1) is 12.9. The van der Waals surface area contributed by atoms with Crippen LogP contribution in [0.4, 0.5) is 0 Å². The molecule has 1 fully saturated rings. The zero-order valence-electron chi connectivity index (χ0n) is 10.6. The fraction of sp³-hybridized carbons (Fsp3) is 1.00. The molecular weight excluding hydrogens is 188 g/mol. The van der Waals surface area contributed by atoms with Crippen LogP contribution in [0.2, 0.25) is 0 Å². The Bertz CT molecular complexity index is 167. The quantitative estimate of drug-likeness (QED) is 0.750. The van der Waals surface area contributed by atoms with Crippen LogP contribution in [0.5, 0.6) is 0 Å². The van der Waals surface area contributed by atoms with Crippen LogP contribution in [0.25, 0.3) is 0 Å². The SMILES string of the molecule is CCN1CCC(NC(C)C(C)OC)CC1. The lowest BCUT2D eigenvalue weighted by Gasteiger charge is -2.34. The zero-order chi connectivity index (χ0) is 11.3. The van der Waals surface area contributed by atoms with Crippen molar-refractivity contribution in [1.82, 2.24) is 10.2 Å². The molecule has 0 aliphatic carbocycles. The lowest BCUT2D eigenvalue weighted by Crippen LogP contribution is -2.48. The maximum absolute atomic E-state index is 5.32. The number of methoxy groups -OCH3 is 1. The van der Waals surface area contributed by atoms with Crippen LogP contribution in [0.15, 0.2) is 0 Å². The molecule has 1 aliphatic heterocycles. The Kier molecular flexibility index (Phi) is 5.58. The van der Waals surface area contributed by atoms with Crippen molar-refractivity contribution in [3.05, 3.63) is 0 Å². The highest BCUT2D eigenvalue weighted by Gasteiger charge is 2.21. The van der Waals surface area contributed by atoms with Crippen LogP contribution >= 0.6 is 0 Å². The fourth-order valence-electron chi connectivity index (χ4n) is 2.13. The molecule has 3 nitrogen and oxygen atoms in total. The Morgan fingerprint density at radius 1 is 1.33 bits per heavy atom. The molecule has 0 aromatic rings. The van der Waals surface area contributed by atoms with Crippen molar-refractivity contribution in [3.63, 3.8) is 0 Å². The van der Waals surface area contributed by atoms with Crippen LogP contribution in [0, 0.1) is 0 Å². The molecule has 0 radical (unpaired) electrons. The predicted molar refractivity (Wildman–Crippen MR) is 64.2 cm³/mol. The topological polar surface area (TPSA) is 24.5 Å². The van der Waals surface area contributed by atoms with Gasteiger partial charge in [-0.15, -0.1) is 0 Å². The van der Waals surface area contributed by atoms with E-state index in [1.165, 1.54) is 32.5 Å². The molecule has 1 heterocycles. The first-order valence-corrected chi connectivity index (χ1v) is 6.18. The van der Waals surface area contributed by atoms with Crippen molar-refractivity contribution in [2.45, 2.75) is 51.8 Å². The van der Waals surface area contributed by atoms with Crippen LogP contribution in [-0.2, 0) is 4.74 Å². The van der Waals surface area contributed by atoms with Crippen molar-refractivity contribution < 1.29 is 4.74 Å². The Balaban J connectivity index is 2.23. The van der Waals surface area contributed by atoms with Gasteiger partial charge < -0.3 is 15.0 Å². The summed E-state index contributed by atoms with van der Waals surface area (Å²) in [4.78, 5) is 2.52. The van der Waals surface area contributed by atoms with Gasteiger partial charge in [-0.25, -0.2) is 0 Å². The van der Waals surface area contributed by atoms with Crippen molar-refractivity contribution in [2.75, 3.05) is 26.7 Å². The molecule has 1 aliphatic rings. The first-order valence-electron chi connectivity index (χ1n) is 6.18. The molecule has 0 saturated carbocycles. The van der Waals surface area contributed by atoms with Gasteiger partial charge in [-0.2, -0.15) is 0 Å². The number of nitrogens with one attached hydrogen (secondary N) is 1. The minimum Gasteiger partial charge on any atom is -0.380 e. The number of hydrogen-bond acceptors (Lipinski definition) is 3. The summed E-state index contributed by atoms with van der Waals surface area (Å²) in [6.07, 6.45) is 2.85. The molecule has 0 amide bonds. The second kappa shape index (κ2) is 6.46. The van der Waals surface area contributed by atoms with Crippen molar-refractivity contribution in [2.24, 2.45) is 0 Å². The highest BCUT2D eigenvalue weighted by atomic mass is 16.5. The lowest BCUT2D eigenvalue weighted by molar-refractivity contribution is 0.0785. The number of rotatable bonds is 5. The molecule has 1 rings (SSSR count). The largest absolute Gasteiger partial charge is 0.380 e. The number of ether oxygens (including phenoxy) is 1. The highest BCUT2D eigenvalue weighted by molar-refractivity contribution is 4.80. The molecular formula is C12H26N2O. The molecule has 2 atom stereocenters. The van der Waals surface area contributed by atoms with Gasteiger partial charge in [-0.1, -0.05) is 6.92 Å². The summed E-state index contributed by atoms with van der Waals surface area (Å²) in [5.41, 5.74) is 0. The molecule has 15 heavy (non-hydrogen) atoms. The number of likely N-dealkylation sites (tertiary alicyclic amines) is 1. The van der Waals surface area contributed by atoms with E-state index in [0.717, 1.165) is 0 Å². The molecule has 90 valence electrons. The Morgan fingerprint density at radius 2 is 1.93 bits per heavy atom. The van der Waals surface area contributed by atoms with E-state index in [1.807, 2.05) is 0 Å². The van der Waals surface area contributed by atoms with Gasteiger partial charge in [0.15, 0.2) is 0 Å². The lowest BCUT2D eigenvalue weighted by atomic mass is 10.0. The molecule has 0 aromatic carbocycles. The summed E-state index contributed by atoms with van der Waals surface area (Å²) < 4.78 is 5.32. The smallest absolute Gasteiger partial charge is 0.0693 e. The van der Waals surface area contributed by atoms with E-state index < -0.39 is 0 Å². The molecule has 0 aromatic heterocycles. The Labute approximate surface area is 94.2 Å². The van der Waals surface area contributed by atoms with Gasteiger partial charge in [-0.05, 0) is 46.3 Å². The number of piperidine rings is 1. The maximum Gasteiger partial charge on any atom is 0.0693 e. The standard InChI is InChI=1S/C12H26N2O/c1-5-14-8-6-12(7-9-14)13-10(2)11(3)15-4/h10-13H,5-9H2,1-4H3. The van der Waals surface area contributed by atoms with Crippen LogP contribution in [0.1, 0.15) is 33.6 Å². The third-order valence-corrected chi connectivity index (χ3v) is 3.61. The second-order valence-corrected chi connectivity index (χ2v) is 4.60. The second-order valence-electron chi connectivity index (χ2n) is 4.60. The molecule has 1 N–H and O–H groups in total. The van der Waals surface area contributed by atoms with Crippen molar-refractivity contribution >= 4 is 0 Å². The van der Waals surface area contributed by atoms with E-state index in [-0.39, 0.29) is 0 Å². The van der Waals surface area contributed by atoms with Crippen LogP contribution < -0.4 is 5.32 Å². The molecule has 2 unspecified atom stereocenters. The monoisotopic (exact) mass is 214 g/mol. The third kappa shape index (κ3) is 4.09. The number of nitrogens with zero attached hydrogens (tertiary/aromatic N) is 1. The van der Waals surface area contributed by atoms with E-state index in [0.29, 0.717) is 18.2 Å². The summed E-state index contributed by atoms with van der Waals surface area (Å²) >= 11 is 0. The summed E-state index contributed by atoms with van der Waals surface area (Å²) in [5, 5.41) is 3.66. The highest BCUT2D eigenvalue weighted by Crippen LogP contribution is 2.11. The normalized spacial score (nSPS) is 24.0. The van der Waals surface area contributed by atoms with E-state index >= 15 is 0 Å². The van der Waals surface area contributed by atoms with Gasteiger partial charge in [0.2, 0.25) is 0 Å². The molecule has 0 spiro atoms. The summed E-state index contributed by atoms with van der Waals surface area (Å²) in [5.74, 6) is 0. The van der Waals surface area contributed by atoms with Crippen LogP contribution in [0.3, 0.4) is 0 Å². The van der Waals surface area contributed by atoms with Gasteiger partial charge >= 0.3 is 0 Å². The van der Waals surface area contributed by atoms with E-state index in [2.05, 4.69) is 31.0 Å². The summed E-state index contributed by atoms with van der Waals surface area (Å²) in [6.45, 7) is 10.2. The predicted octanol–water partition coefficient (Wildman–Crippen LogP) is 1.48. The van der Waals surface area contributed by atoms with Gasteiger partial charge in [0.25, 0.3) is 0 Å². The summed E-state index contributed by atoms with van der Waals surface area (Å²) in [6, 6.07) is 1.13. The van der Waals surface area contributed by atoms with Gasteiger partial charge in [0.1, 0.15) is 0 Å². The minimum absolute atomic E-state index is 0.300. The molecule has 1 saturated heterocycles. The number of hydrogen-bond donors (Lipinski definition) is 1. The van der Waals surface area contributed by atoms with Gasteiger partial charge in [-0.3, -0.25) is 0 Å². The minimum atomic E-state index is 0.300. The Morgan fingerprint density at radius 3 is 2.40 bits per heavy atom. The van der Waals surface area contributed by atoms with E-state index in [1.54, 1.807) is 7.11 Å².